The standard InChI is InChI=1S/C10H22N4O2/c1-3-10(2,16)8(15)7(11)5-4-6-14-9(12)13/h7,16H,3-6,11H2,1-2H3,(H4,12,13,14)/t7-,10?/m1/s1. The minimum Gasteiger partial charge on any atom is -0.382 e. The van der Waals surface area contributed by atoms with Crippen LogP contribution in [0.2, 0.25) is 0 Å². The van der Waals surface area contributed by atoms with E-state index in [0.717, 1.165) is 0 Å². The van der Waals surface area contributed by atoms with Gasteiger partial charge in [0.25, 0.3) is 0 Å². The molecule has 0 heterocycles. The first-order valence-electron chi connectivity index (χ1n) is 5.41. The van der Waals surface area contributed by atoms with Crippen LogP contribution in [0.1, 0.15) is 33.1 Å². The fraction of sp³-hybridized carbons (Fsp3) is 0.800. The van der Waals surface area contributed by atoms with E-state index in [1.165, 1.54) is 6.92 Å². The third-order valence-electron chi connectivity index (χ3n) is 2.56. The Morgan fingerprint density at radius 2 is 2.19 bits per heavy atom. The van der Waals surface area contributed by atoms with Crippen molar-refractivity contribution in [2.75, 3.05) is 6.54 Å². The van der Waals surface area contributed by atoms with E-state index in [1.54, 1.807) is 6.92 Å². The molecule has 0 amide bonds. The molecule has 0 saturated heterocycles. The molecule has 0 aliphatic heterocycles. The van der Waals surface area contributed by atoms with E-state index in [1.807, 2.05) is 0 Å². The number of hydrogen-bond donors (Lipinski definition) is 5. The Balaban J connectivity index is 3.93. The fourth-order valence-corrected chi connectivity index (χ4v) is 1.25. The predicted molar refractivity (Wildman–Crippen MR) is 63.0 cm³/mol. The highest BCUT2D eigenvalue weighted by Gasteiger charge is 2.31. The molecule has 6 nitrogen and oxygen atoms in total. The lowest BCUT2D eigenvalue weighted by atomic mass is 9.91. The topological polar surface area (TPSA) is 125 Å². The summed E-state index contributed by atoms with van der Waals surface area (Å²) in [6.07, 6.45) is 1.45. The Morgan fingerprint density at radius 3 is 2.62 bits per heavy atom. The van der Waals surface area contributed by atoms with Crippen LogP contribution in [0.15, 0.2) is 0 Å². The maximum absolute atomic E-state index is 11.7. The molecule has 0 aliphatic carbocycles. The van der Waals surface area contributed by atoms with Gasteiger partial charge in [0.1, 0.15) is 5.60 Å². The number of guanidine groups is 1. The highest BCUT2D eigenvalue weighted by Crippen LogP contribution is 2.13. The van der Waals surface area contributed by atoms with Gasteiger partial charge in [0.05, 0.1) is 6.04 Å². The maximum atomic E-state index is 11.7. The molecule has 0 aromatic rings. The summed E-state index contributed by atoms with van der Waals surface area (Å²) >= 11 is 0. The molecule has 16 heavy (non-hydrogen) atoms. The van der Waals surface area contributed by atoms with E-state index in [4.69, 9.17) is 16.9 Å². The predicted octanol–water partition coefficient (Wildman–Crippen LogP) is -0.693. The van der Waals surface area contributed by atoms with Crippen LogP contribution < -0.4 is 16.8 Å². The zero-order valence-electron chi connectivity index (χ0n) is 9.92. The average Bonchev–Trinajstić information content (AvgIpc) is 2.22. The summed E-state index contributed by atoms with van der Waals surface area (Å²) in [6.45, 7) is 3.72. The van der Waals surface area contributed by atoms with Crippen molar-refractivity contribution in [3.8, 4) is 0 Å². The summed E-state index contributed by atoms with van der Waals surface area (Å²) in [5.74, 6) is -0.432. The van der Waals surface area contributed by atoms with Crippen molar-refractivity contribution < 1.29 is 9.90 Å². The maximum Gasteiger partial charge on any atom is 0.185 e. The van der Waals surface area contributed by atoms with Gasteiger partial charge in [-0.3, -0.25) is 10.2 Å². The Morgan fingerprint density at radius 1 is 1.62 bits per heavy atom. The van der Waals surface area contributed by atoms with E-state index >= 15 is 0 Å². The van der Waals surface area contributed by atoms with Crippen molar-refractivity contribution in [1.82, 2.24) is 5.32 Å². The highest BCUT2D eigenvalue weighted by atomic mass is 16.3. The van der Waals surface area contributed by atoms with Crippen LogP contribution in [0, 0.1) is 5.41 Å². The molecule has 0 radical (unpaired) electrons. The van der Waals surface area contributed by atoms with Crippen molar-refractivity contribution in [2.45, 2.75) is 44.8 Å². The minimum atomic E-state index is -1.34. The molecule has 0 spiro atoms. The summed E-state index contributed by atoms with van der Waals surface area (Å²) in [6, 6.07) is -0.663. The molecular formula is C10H22N4O2. The second kappa shape index (κ2) is 6.44. The lowest BCUT2D eigenvalue weighted by molar-refractivity contribution is -0.137. The number of Topliss-reactive ketones (excluding diaryl/α,β-unsaturated/α-hetero) is 1. The molecule has 0 bridgehead atoms. The molecule has 0 aliphatic rings. The summed E-state index contributed by atoms with van der Waals surface area (Å²) in [5.41, 5.74) is 9.43. The van der Waals surface area contributed by atoms with Crippen molar-refractivity contribution in [3.05, 3.63) is 0 Å². The normalized spacial score (nSPS) is 16.2. The fourth-order valence-electron chi connectivity index (χ4n) is 1.25. The van der Waals surface area contributed by atoms with Gasteiger partial charge in [0, 0.05) is 6.54 Å². The van der Waals surface area contributed by atoms with Crippen LogP contribution in [0.4, 0.5) is 0 Å². The van der Waals surface area contributed by atoms with E-state index in [9.17, 15) is 9.90 Å². The third-order valence-corrected chi connectivity index (χ3v) is 2.56. The molecule has 7 N–H and O–H groups in total. The van der Waals surface area contributed by atoms with Crippen LogP contribution in [0.25, 0.3) is 0 Å². The minimum absolute atomic E-state index is 0.0968. The van der Waals surface area contributed by atoms with E-state index < -0.39 is 11.6 Å². The molecule has 6 heteroatoms. The largest absolute Gasteiger partial charge is 0.382 e. The van der Waals surface area contributed by atoms with E-state index in [2.05, 4.69) is 5.32 Å². The van der Waals surface area contributed by atoms with Crippen LogP contribution in [-0.4, -0.2) is 35.0 Å². The van der Waals surface area contributed by atoms with Gasteiger partial charge in [0.2, 0.25) is 0 Å². The second-order valence-electron chi connectivity index (χ2n) is 4.08. The van der Waals surface area contributed by atoms with Gasteiger partial charge >= 0.3 is 0 Å². The summed E-state index contributed by atoms with van der Waals surface area (Å²) in [5, 5.41) is 19.3. The van der Waals surface area contributed by atoms with Gasteiger partial charge < -0.3 is 21.9 Å². The summed E-state index contributed by atoms with van der Waals surface area (Å²) in [4.78, 5) is 11.7. The zero-order chi connectivity index (χ0) is 12.8. The van der Waals surface area contributed by atoms with Crippen LogP contribution in [0.3, 0.4) is 0 Å². The van der Waals surface area contributed by atoms with Crippen molar-refractivity contribution >= 4 is 11.7 Å². The van der Waals surface area contributed by atoms with Gasteiger partial charge in [0.15, 0.2) is 11.7 Å². The number of aliphatic hydroxyl groups is 1. The van der Waals surface area contributed by atoms with Crippen molar-refractivity contribution in [3.63, 3.8) is 0 Å². The van der Waals surface area contributed by atoms with Crippen molar-refractivity contribution in [1.29, 1.82) is 5.41 Å². The van der Waals surface area contributed by atoms with Crippen LogP contribution >= 0.6 is 0 Å². The van der Waals surface area contributed by atoms with E-state index in [-0.39, 0.29) is 11.7 Å². The number of carbonyl (C=O) groups is 1. The molecule has 0 aromatic carbocycles. The molecule has 94 valence electrons. The first-order chi connectivity index (χ1) is 7.31. The lowest BCUT2D eigenvalue weighted by Gasteiger charge is -2.23. The third kappa shape index (κ3) is 5.09. The zero-order valence-corrected chi connectivity index (χ0v) is 9.92. The number of hydrogen-bond acceptors (Lipinski definition) is 4. The number of carbonyl (C=O) groups excluding carboxylic acids is 1. The van der Waals surface area contributed by atoms with Gasteiger partial charge in [-0.15, -0.1) is 0 Å². The van der Waals surface area contributed by atoms with Gasteiger partial charge in [-0.05, 0) is 26.2 Å². The Kier molecular flexibility index (Phi) is 5.98. The van der Waals surface area contributed by atoms with Gasteiger partial charge in [-0.25, -0.2) is 0 Å². The first kappa shape index (κ1) is 14.9. The quantitative estimate of drug-likeness (QED) is 0.225. The Labute approximate surface area is 95.9 Å². The van der Waals surface area contributed by atoms with E-state index in [0.29, 0.717) is 25.8 Å². The molecule has 0 fully saturated rings. The number of nitrogens with one attached hydrogen (secondary N) is 2. The smallest absolute Gasteiger partial charge is 0.185 e. The molecule has 1 unspecified atom stereocenters. The van der Waals surface area contributed by atoms with Crippen LogP contribution in [-0.2, 0) is 4.79 Å². The number of nitrogens with two attached hydrogens (primary N) is 2. The van der Waals surface area contributed by atoms with Gasteiger partial charge in [-0.1, -0.05) is 6.92 Å². The number of rotatable bonds is 7. The average molecular weight is 230 g/mol. The SMILES string of the molecule is CCC(C)(O)C(=O)[C@H](N)CCCNC(=N)N. The van der Waals surface area contributed by atoms with Crippen LogP contribution in [0.5, 0.6) is 0 Å². The Bertz CT molecular complexity index is 253. The Hall–Kier alpha value is -1.14. The summed E-state index contributed by atoms with van der Waals surface area (Å²) in [7, 11) is 0. The number of ketones is 1. The molecule has 0 aromatic heterocycles. The molecule has 0 rings (SSSR count). The highest BCUT2D eigenvalue weighted by molar-refractivity contribution is 5.91. The first-order valence-corrected chi connectivity index (χ1v) is 5.41. The molecule has 2 atom stereocenters. The molecule has 0 saturated carbocycles. The van der Waals surface area contributed by atoms with Crippen molar-refractivity contribution in [2.24, 2.45) is 11.5 Å². The second-order valence-corrected chi connectivity index (χ2v) is 4.08. The summed E-state index contributed by atoms with van der Waals surface area (Å²) < 4.78 is 0. The molecular weight excluding hydrogens is 208 g/mol. The monoisotopic (exact) mass is 230 g/mol. The van der Waals surface area contributed by atoms with Gasteiger partial charge in [-0.2, -0.15) is 0 Å². The lowest BCUT2D eigenvalue weighted by Crippen LogP contribution is -2.46.